The third-order valence-electron chi connectivity index (χ3n) is 8.41. The van der Waals surface area contributed by atoms with Crippen molar-refractivity contribution in [3.05, 3.63) is 156 Å². The second kappa shape index (κ2) is 11.1. The van der Waals surface area contributed by atoms with Crippen LogP contribution in [-0.2, 0) is 5.41 Å². The molecule has 2 unspecified atom stereocenters. The Hall–Kier alpha value is -4.04. The van der Waals surface area contributed by atoms with Gasteiger partial charge in [0.1, 0.15) is 0 Å². The molecule has 0 aliphatic heterocycles. The molecule has 4 N–H and O–H groups in total. The van der Waals surface area contributed by atoms with Crippen LogP contribution >= 0.6 is 0 Å². The van der Waals surface area contributed by atoms with Crippen LogP contribution in [-0.4, -0.2) is 0 Å². The molecule has 1 aliphatic carbocycles. The summed E-state index contributed by atoms with van der Waals surface area (Å²) in [6, 6.07) is 34.8. The van der Waals surface area contributed by atoms with Crippen molar-refractivity contribution in [3.63, 3.8) is 0 Å². The predicted octanol–water partition coefficient (Wildman–Crippen LogP) is 8.74. The molecule has 0 heterocycles. The van der Waals surface area contributed by atoms with Gasteiger partial charge in [-0.05, 0) is 70.5 Å². The van der Waals surface area contributed by atoms with Crippen molar-refractivity contribution in [1.82, 2.24) is 0 Å². The van der Waals surface area contributed by atoms with E-state index in [1.54, 1.807) is 0 Å². The maximum absolute atomic E-state index is 5.91. The molecule has 0 saturated heterocycles. The van der Waals surface area contributed by atoms with E-state index in [0.717, 1.165) is 11.4 Å². The van der Waals surface area contributed by atoms with Gasteiger partial charge in [0.05, 0.1) is 0 Å². The SMILES string of the molecule is C=CC(c1ccc(N)cc1)c1ccc(C2(c3ccc(C(C=C)c4ccc(N)cc4)cc3)CCCCC2)cc1. The van der Waals surface area contributed by atoms with Crippen LogP contribution in [0.3, 0.4) is 0 Å². The monoisotopic (exact) mass is 498 g/mol. The minimum Gasteiger partial charge on any atom is -0.399 e. The van der Waals surface area contributed by atoms with Crippen LogP contribution in [0.15, 0.2) is 122 Å². The molecule has 4 aromatic carbocycles. The van der Waals surface area contributed by atoms with Gasteiger partial charge in [0.2, 0.25) is 0 Å². The molecule has 0 spiro atoms. The van der Waals surface area contributed by atoms with E-state index < -0.39 is 0 Å². The highest BCUT2D eigenvalue weighted by atomic mass is 14.5. The molecular weight excluding hydrogens is 460 g/mol. The number of nitrogens with two attached hydrogens (primary N) is 2. The highest BCUT2D eigenvalue weighted by Gasteiger charge is 2.35. The fourth-order valence-electron chi connectivity index (χ4n) is 6.25. The van der Waals surface area contributed by atoms with Gasteiger partial charge in [-0.2, -0.15) is 0 Å². The maximum Gasteiger partial charge on any atom is 0.0314 e. The van der Waals surface area contributed by atoms with Crippen LogP contribution in [0.2, 0.25) is 0 Å². The summed E-state index contributed by atoms with van der Waals surface area (Å²) in [6.45, 7) is 8.24. The van der Waals surface area contributed by atoms with Crippen LogP contribution in [0, 0.1) is 0 Å². The largest absolute Gasteiger partial charge is 0.399 e. The van der Waals surface area contributed by atoms with E-state index in [1.807, 2.05) is 36.4 Å². The summed E-state index contributed by atoms with van der Waals surface area (Å²) in [4.78, 5) is 0. The Kier molecular flexibility index (Phi) is 7.51. The Bertz CT molecular complexity index is 1250. The van der Waals surface area contributed by atoms with Gasteiger partial charge in [0.25, 0.3) is 0 Å². The van der Waals surface area contributed by atoms with Crippen molar-refractivity contribution < 1.29 is 0 Å². The first-order valence-corrected chi connectivity index (χ1v) is 13.7. The van der Waals surface area contributed by atoms with E-state index in [2.05, 4.69) is 86.0 Å². The van der Waals surface area contributed by atoms with Gasteiger partial charge in [0.15, 0.2) is 0 Å². The Morgan fingerprint density at radius 2 is 0.816 bits per heavy atom. The molecule has 5 rings (SSSR count). The van der Waals surface area contributed by atoms with E-state index in [9.17, 15) is 0 Å². The minimum absolute atomic E-state index is 0.0467. The minimum atomic E-state index is 0.0467. The van der Waals surface area contributed by atoms with Crippen LogP contribution < -0.4 is 11.5 Å². The summed E-state index contributed by atoms with van der Waals surface area (Å²) in [6.07, 6.45) is 10.2. The summed E-state index contributed by atoms with van der Waals surface area (Å²) >= 11 is 0. The quantitative estimate of drug-likeness (QED) is 0.188. The lowest BCUT2D eigenvalue weighted by Crippen LogP contribution is -2.30. The van der Waals surface area contributed by atoms with Crippen molar-refractivity contribution in [1.29, 1.82) is 0 Å². The molecule has 1 aliphatic rings. The fraction of sp³-hybridized carbons (Fsp3) is 0.222. The van der Waals surface area contributed by atoms with Crippen LogP contribution in [0.1, 0.15) is 77.3 Å². The van der Waals surface area contributed by atoms with Crippen molar-refractivity contribution in [2.75, 3.05) is 11.5 Å². The van der Waals surface area contributed by atoms with Crippen LogP contribution in [0.5, 0.6) is 0 Å². The molecule has 0 bridgehead atoms. The van der Waals surface area contributed by atoms with Crippen molar-refractivity contribution in [3.8, 4) is 0 Å². The first kappa shape index (κ1) is 25.6. The lowest BCUT2D eigenvalue weighted by molar-refractivity contribution is 0.346. The zero-order valence-corrected chi connectivity index (χ0v) is 22.2. The number of allylic oxidation sites excluding steroid dienone is 2. The van der Waals surface area contributed by atoms with E-state index in [4.69, 9.17) is 11.5 Å². The lowest BCUT2D eigenvalue weighted by atomic mass is 9.65. The van der Waals surface area contributed by atoms with Crippen molar-refractivity contribution >= 4 is 11.4 Å². The second-order valence-corrected chi connectivity index (χ2v) is 10.6. The number of nitrogen functional groups attached to an aromatic ring is 2. The molecule has 2 heteroatoms. The summed E-state index contributed by atoms with van der Waals surface area (Å²) in [5, 5.41) is 0. The number of anilines is 2. The third-order valence-corrected chi connectivity index (χ3v) is 8.41. The van der Waals surface area contributed by atoms with Gasteiger partial charge in [-0.25, -0.2) is 0 Å². The number of benzene rings is 4. The third kappa shape index (κ3) is 5.04. The van der Waals surface area contributed by atoms with E-state index in [1.165, 1.54) is 65.5 Å². The molecule has 1 fully saturated rings. The van der Waals surface area contributed by atoms with Gasteiger partial charge in [-0.3, -0.25) is 0 Å². The van der Waals surface area contributed by atoms with Crippen molar-refractivity contribution in [2.24, 2.45) is 0 Å². The zero-order valence-electron chi connectivity index (χ0n) is 22.2. The standard InChI is InChI=1S/C36H38N2/c1-3-34(28-12-20-32(37)21-13-28)26-8-16-30(17-9-26)36(24-6-5-7-25-36)31-18-10-27(11-19-31)35(4-2)29-14-22-33(38)23-15-29/h3-4,8-23,34-35H,1-2,5-7,24-25,37-38H2. The smallest absolute Gasteiger partial charge is 0.0314 e. The molecule has 2 nitrogen and oxygen atoms in total. The molecule has 192 valence electrons. The maximum atomic E-state index is 5.91. The van der Waals surface area contributed by atoms with Gasteiger partial charge < -0.3 is 11.5 Å². The lowest BCUT2D eigenvalue weighted by Gasteiger charge is -2.39. The summed E-state index contributed by atoms with van der Waals surface area (Å²) in [7, 11) is 0. The number of rotatable bonds is 8. The Morgan fingerprint density at radius 3 is 1.13 bits per heavy atom. The first-order valence-electron chi connectivity index (χ1n) is 13.7. The molecule has 38 heavy (non-hydrogen) atoms. The zero-order chi connectivity index (χ0) is 26.5. The molecule has 0 aromatic heterocycles. The highest BCUT2D eigenvalue weighted by molar-refractivity contribution is 5.49. The first-order chi connectivity index (χ1) is 18.5. The normalized spacial score (nSPS) is 16.3. The van der Waals surface area contributed by atoms with Gasteiger partial charge >= 0.3 is 0 Å². The fourth-order valence-corrected chi connectivity index (χ4v) is 6.25. The Morgan fingerprint density at radius 1 is 0.500 bits per heavy atom. The van der Waals surface area contributed by atoms with E-state index in [-0.39, 0.29) is 17.3 Å². The highest BCUT2D eigenvalue weighted by Crippen LogP contribution is 2.45. The average Bonchev–Trinajstić information content (AvgIpc) is 2.97. The Labute approximate surface area is 227 Å². The number of hydrogen-bond donors (Lipinski definition) is 2. The summed E-state index contributed by atoms with van der Waals surface area (Å²) in [5.74, 6) is 0.297. The number of hydrogen-bond acceptors (Lipinski definition) is 2. The van der Waals surface area contributed by atoms with Gasteiger partial charge in [-0.15, -0.1) is 13.2 Å². The van der Waals surface area contributed by atoms with Crippen molar-refractivity contribution in [2.45, 2.75) is 49.4 Å². The second-order valence-electron chi connectivity index (χ2n) is 10.6. The van der Waals surface area contributed by atoms with E-state index in [0.29, 0.717) is 0 Å². The molecular formula is C36H38N2. The van der Waals surface area contributed by atoms with Crippen LogP contribution in [0.25, 0.3) is 0 Å². The summed E-state index contributed by atoms with van der Waals surface area (Å²) < 4.78 is 0. The van der Waals surface area contributed by atoms with Crippen LogP contribution in [0.4, 0.5) is 11.4 Å². The summed E-state index contributed by atoms with van der Waals surface area (Å²) in [5.41, 5.74) is 21.2. The molecule has 0 radical (unpaired) electrons. The van der Waals surface area contributed by atoms with Gasteiger partial charge in [-0.1, -0.05) is 104 Å². The predicted molar refractivity (Wildman–Crippen MR) is 163 cm³/mol. The van der Waals surface area contributed by atoms with E-state index >= 15 is 0 Å². The topological polar surface area (TPSA) is 52.0 Å². The Balaban J connectivity index is 1.46. The molecule has 2 atom stereocenters. The van der Waals surface area contributed by atoms with Gasteiger partial charge in [0, 0.05) is 28.6 Å². The molecule has 4 aromatic rings. The molecule has 1 saturated carbocycles. The molecule has 0 amide bonds. The average molecular weight is 499 g/mol.